The summed E-state index contributed by atoms with van der Waals surface area (Å²) in [6, 6.07) is 8.68. The van der Waals surface area contributed by atoms with Gasteiger partial charge in [0.2, 0.25) is 0 Å². The maximum atomic E-state index is 11.3. The van der Waals surface area contributed by atoms with Gasteiger partial charge < -0.3 is 5.11 Å². The summed E-state index contributed by atoms with van der Waals surface area (Å²) in [5, 5.41) is 11.3. The number of rotatable bonds is 5. The first kappa shape index (κ1) is 16.6. The summed E-state index contributed by atoms with van der Waals surface area (Å²) >= 11 is 0. The van der Waals surface area contributed by atoms with E-state index in [0.717, 1.165) is 0 Å². The SMILES string of the molecule is O=S(=O)(O)CCCC([O-])=Nc1ccccc1.[Na+]. The predicted octanol–water partition coefficient (Wildman–Crippen LogP) is -2.25. The van der Waals surface area contributed by atoms with Gasteiger partial charge in [0, 0.05) is 0 Å². The van der Waals surface area contributed by atoms with E-state index in [2.05, 4.69) is 4.99 Å². The molecule has 1 N–H and O–H groups in total. The van der Waals surface area contributed by atoms with Crippen molar-refractivity contribution < 1.29 is 47.6 Å². The van der Waals surface area contributed by atoms with Crippen LogP contribution in [0.1, 0.15) is 12.8 Å². The molecule has 0 bridgehead atoms. The Labute approximate surface area is 123 Å². The molecule has 0 radical (unpaired) electrons. The van der Waals surface area contributed by atoms with Gasteiger partial charge in [0.1, 0.15) is 0 Å². The van der Waals surface area contributed by atoms with Crippen molar-refractivity contribution in [2.24, 2.45) is 4.99 Å². The molecule has 0 aliphatic heterocycles. The Morgan fingerprint density at radius 1 is 1.29 bits per heavy atom. The Hall–Kier alpha value is -0.400. The van der Waals surface area contributed by atoms with Gasteiger partial charge in [0.25, 0.3) is 10.1 Å². The number of para-hydroxylation sites is 1. The van der Waals surface area contributed by atoms with Crippen LogP contribution in [0.25, 0.3) is 0 Å². The summed E-state index contributed by atoms with van der Waals surface area (Å²) in [6.07, 6.45) is 0.0860. The van der Waals surface area contributed by atoms with E-state index in [9.17, 15) is 13.5 Å². The molecule has 0 amide bonds. The second kappa shape index (κ2) is 7.84. The van der Waals surface area contributed by atoms with Crippen molar-refractivity contribution in [1.82, 2.24) is 0 Å². The maximum absolute atomic E-state index is 11.3. The molecule has 1 aromatic rings. The molecule has 17 heavy (non-hydrogen) atoms. The van der Waals surface area contributed by atoms with E-state index in [0.29, 0.717) is 5.69 Å². The standard InChI is InChI=1S/C10H13NO4S.Na/c12-10(7-4-8-16(13,14)15)11-9-5-2-1-3-6-9;/h1-3,5-6H,4,7-8H2,(H,11,12)(H,13,14,15);/q;+1/p-1. The summed E-state index contributed by atoms with van der Waals surface area (Å²) in [7, 11) is -3.99. The average Bonchev–Trinajstić information content (AvgIpc) is 2.17. The van der Waals surface area contributed by atoms with Crippen LogP contribution in [0, 0.1) is 0 Å². The molecule has 0 aliphatic rings. The molecule has 0 heterocycles. The van der Waals surface area contributed by atoms with E-state index in [1.165, 1.54) is 0 Å². The van der Waals surface area contributed by atoms with Crippen LogP contribution in [0.5, 0.6) is 0 Å². The van der Waals surface area contributed by atoms with Crippen LogP contribution in [-0.2, 0) is 10.1 Å². The normalized spacial score (nSPS) is 11.9. The van der Waals surface area contributed by atoms with Crippen molar-refractivity contribution in [1.29, 1.82) is 0 Å². The fourth-order valence-electron chi connectivity index (χ4n) is 1.11. The van der Waals surface area contributed by atoms with Crippen LogP contribution in [0.15, 0.2) is 35.3 Å². The van der Waals surface area contributed by atoms with Gasteiger partial charge >= 0.3 is 29.6 Å². The number of hydrogen-bond acceptors (Lipinski definition) is 4. The fraction of sp³-hybridized carbons (Fsp3) is 0.300. The molecule has 0 aromatic heterocycles. The zero-order valence-electron chi connectivity index (χ0n) is 9.54. The third kappa shape index (κ3) is 8.34. The minimum atomic E-state index is -3.99. The average molecular weight is 265 g/mol. The minimum Gasteiger partial charge on any atom is -0.862 e. The fourth-order valence-corrected chi connectivity index (χ4v) is 1.62. The molecule has 0 unspecified atom stereocenters. The van der Waals surface area contributed by atoms with Crippen LogP contribution >= 0.6 is 0 Å². The van der Waals surface area contributed by atoms with Crippen molar-refractivity contribution in [2.75, 3.05) is 5.75 Å². The monoisotopic (exact) mass is 265 g/mol. The molecule has 88 valence electrons. The first-order valence-corrected chi connectivity index (χ1v) is 6.33. The maximum Gasteiger partial charge on any atom is 1.00 e. The molecular weight excluding hydrogens is 253 g/mol. The molecule has 1 rings (SSSR count). The van der Waals surface area contributed by atoms with E-state index >= 15 is 0 Å². The Morgan fingerprint density at radius 2 is 1.88 bits per heavy atom. The summed E-state index contributed by atoms with van der Waals surface area (Å²) in [6.45, 7) is 0. The van der Waals surface area contributed by atoms with Gasteiger partial charge in [0.15, 0.2) is 0 Å². The summed E-state index contributed by atoms with van der Waals surface area (Å²) in [4.78, 5) is 3.76. The molecule has 0 fully saturated rings. The third-order valence-corrected chi connectivity index (χ3v) is 2.61. The molecule has 0 saturated heterocycles. The van der Waals surface area contributed by atoms with Gasteiger partial charge in [0.05, 0.1) is 11.4 Å². The molecule has 0 saturated carbocycles. The first-order chi connectivity index (χ1) is 7.47. The van der Waals surface area contributed by atoms with Crippen LogP contribution in [0.4, 0.5) is 5.69 Å². The van der Waals surface area contributed by atoms with Gasteiger partial charge in [-0.2, -0.15) is 8.42 Å². The third-order valence-electron chi connectivity index (χ3n) is 1.80. The summed E-state index contributed by atoms with van der Waals surface area (Å²) in [5.41, 5.74) is 0.541. The minimum absolute atomic E-state index is 0. The van der Waals surface area contributed by atoms with E-state index in [4.69, 9.17) is 4.55 Å². The van der Waals surface area contributed by atoms with Crippen LogP contribution < -0.4 is 34.7 Å². The Balaban J connectivity index is 0.00000256. The largest absolute Gasteiger partial charge is 1.00 e. The topological polar surface area (TPSA) is 89.8 Å². The van der Waals surface area contributed by atoms with E-state index in [1.54, 1.807) is 24.3 Å². The van der Waals surface area contributed by atoms with Crippen molar-refractivity contribution in [3.63, 3.8) is 0 Å². The van der Waals surface area contributed by atoms with Crippen LogP contribution in [0.3, 0.4) is 0 Å². The van der Waals surface area contributed by atoms with E-state index < -0.39 is 21.8 Å². The first-order valence-electron chi connectivity index (χ1n) is 4.72. The number of nitrogens with zero attached hydrogens (tertiary/aromatic N) is 1. The van der Waals surface area contributed by atoms with Crippen LogP contribution in [0.2, 0.25) is 0 Å². The number of benzene rings is 1. The zero-order valence-corrected chi connectivity index (χ0v) is 12.4. The molecule has 1 aromatic carbocycles. The Morgan fingerprint density at radius 3 is 2.41 bits per heavy atom. The van der Waals surface area contributed by atoms with Crippen molar-refractivity contribution >= 4 is 21.7 Å². The van der Waals surface area contributed by atoms with E-state index in [-0.39, 0.29) is 42.4 Å². The molecule has 5 nitrogen and oxygen atoms in total. The van der Waals surface area contributed by atoms with Crippen molar-refractivity contribution in [3.8, 4) is 0 Å². The van der Waals surface area contributed by atoms with Crippen molar-refractivity contribution in [3.05, 3.63) is 30.3 Å². The number of aliphatic imine (C=N–C) groups is 1. The zero-order chi connectivity index (χ0) is 12.0. The van der Waals surface area contributed by atoms with Gasteiger partial charge in [-0.3, -0.25) is 9.55 Å². The second-order valence-electron chi connectivity index (χ2n) is 3.23. The Bertz CT molecular complexity index is 458. The van der Waals surface area contributed by atoms with E-state index in [1.807, 2.05) is 6.07 Å². The van der Waals surface area contributed by atoms with Gasteiger partial charge in [-0.15, -0.1) is 0 Å². The molecule has 0 atom stereocenters. The predicted molar refractivity (Wildman–Crippen MR) is 59.2 cm³/mol. The Kier molecular flexibility index (Phi) is 7.65. The van der Waals surface area contributed by atoms with Gasteiger partial charge in [-0.25, -0.2) is 0 Å². The molecule has 0 aliphatic carbocycles. The van der Waals surface area contributed by atoms with Gasteiger partial charge in [-0.05, 0) is 30.9 Å². The molecule has 7 heteroatoms. The molecular formula is C10H12NNaO4S. The smallest absolute Gasteiger partial charge is 0.862 e. The summed E-state index contributed by atoms with van der Waals surface area (Å²) < 4.78 is 29.2. The van der Waals surface area contributed by atoms with Crippen molar-refractivity contribution in [2.45, 2.75) is 12.8 Å². The summed E-state index contributed by atoms with van der Waals surface area (Å²) in [5.74, 6) is -0.807. The quantitative estimate of drug-likeness (QED) is 0.282. The number of hydrogen-bond donors (Lipinski definition) is 1. The van der Waals surface area contributed by atoms with Crippen LogP contribution in [-0.4, -0.2) is 24.6 Å². The van der Waals surface area contributed by atoms with Gasteiger partial charge in [-0.1, -0.05) is 18.2 Å². The second-order valence-corrected chi connectivity index (χ2v) is 4.80. The molecule has 0 spiro atoms.